The second kappa shape index (κ2) is 9.27. The molecule has 0 bridgehead atoms. The van der Waals surface area contributed by atoms with Crippen LogP contribution in [0.1, 0.15) is 16.7 Å². The van der Waals surface area contributed by atoms with Crippen molar-refractivity contribution in [2.75, 3.05) is 6.61 Å². The van der Waals surface area contributed by atoms with E-state index in [1.807, 2.05) is 12.1 Å². The molecule has 9 heteroatoms. The minimum atomic E-state index is -1.52. The maximum Gasteiger partial charge on any atom is 0.229 e. The summed E-state index contributed by atoms with van der Waals surface area (Å²) >= 11 is 0. The zero-order valence-corrected chi connectivity index (χ0v) is 17.2. The lowest BCUT2D eigenvalue weighted by molar-refractivity contribution is -0.277. The molecular formula is C23H26N2O7. The Morgan fingerprint density at radius 3 is 2.44 bits per heavy atom. The lowest BCUT2D eigenvalue weighted by Crippen LogP contribution is -2.60. The summed E-state index contributed by atoms with van der Waals surface area (Å²) in [5.41, 5.74) is 8.71. The Labute approximate surface area is 184 Å². The van der Waals surface area contributed by atoms with Crippen LogP contribution in [-0.2, 0) is 17.6 Å². The summed E-state index contributed by atoms with van der Waals surface area (Å²) in [6.07, 6.45) is -3.82. The number of furan rings is 1. The molecule has 9 nitrogen and oxygen atoms in total. The molecule has 0 saturated carbocycles. The quantitative estimate of drug-likeness (QED) is 0.230. The van der Waals surface area contributed by atoms with E-state index >= 15 is 0 Å². The number of nitrogen functional groups attached to an aromatic ring is 1. The first-order valence-electron chi connectivity index (χ1n) is 10.3. The van der Waals surface area contributed by atoms with Crippen molar-refractivity contribution in [1.82, 2.24) is 0 Å². The number of rotatable bonds is 7. The van der Waals surface area contributed by atoms with Crippen molar-refractivity contribution >= 4 is 16.8 Å². The van der Waals surface area contributed by atoms with Crippen LogP contribution < -0.4 is 10.5 Å². The molecule has 32 heavy (non-hydrogen) atoms. The van der Waals surface area contributed by atoms with E-state index in [-0.39, 0.29) is 5.84 Å². The number of hydrogen-bond donors (Lipinski definition) is 6. The molecule has 1 aliphatic heterocycles. The summed E-state index contributed by atoms with van der Waals surface area (Å²) in [5, 5.41) is 47.9. The molecule has 3 aromatic rings. The molecule has 1 saturated heterocycles. The topological polar surface area (TPSA) is 162 Å². The predicted octanol–water partition coefficient (Wildman–Crippen LogP) is 0.681. The minimum absolute atomic E-state index is 0.0207. The first-order valence-corrected chi connectivity index (χ1v) is 10.3. The highest BCUT2D eigenvalue weighted by Crippen LogP contribution is 2.34. The maximum absolute atomic E-state index is 10.3. The number of nitrogens with one attached hydrogen (secondary N) is 1. The van der Waals surface area contributed by atoms with Crippen LogP contribution in [0.2, 0.25) is 0 Å². The highest BCUT2D eigenvalue weighted by Gasteiger charge is 2.44. The van der Waals surface area contributed by atoms with Gasteiger partial charge in [-0.05, 0) is 30.5 Å². The van der Waals surface area contributed by atoms with Crippen molar-refractivity contribution in [2.24, 2.45) is 5.73 Å². The van der Waals surface area contributed by atoms with Gasteiger partial charge in [-0.2, -0.15) is 0 Å². The Bertz CT molecular complexity index is 1080. The van der Waals surface area contributed by atoms with Crippen LogP contribution in [0.5, 0.6) is 5.75 Å². The standard InChI is InChI=1S/C23H26N2O7/c24-22(25)13-7-4-12(5-8-13)6-9-14-11-30-15-2-1-3-16(18(14)15)31-23-21(29)20(28)19(27)17(10-26)32-23/h1-5,7-8,11,17,19-21,23,26-29H,6,9-10H2,(H3,24,25)/t17-,19-,20+,21-,23-/m1/s1. The van der Waals surface area contributed by atoms with E-state index in [0.29, 0.717) is 35.1 Å². The van der Waals surface area contributed by atoms with Gasteiger partial charge in [-0.15, -0.1) is 0 Å². The molecule has 1 aliphatic rings. The van der Waals surface area contributed by atoms with Crippen LogP contribution in [0, 0.1) is 5.41 Å². The van der Waals surface area contributed by atoms with Crippen molar-refractivity contribution in [3.63, 3.8) is 0 Å². The van der Waals surface area contributed by atoms with Gasteiger partial charge in [0.1, 0.15) is 41.6 Å². The Kier molecular flexibility index (Phi) is 6.45. The minimum Gasteiger partial charge on any atom is -0.464 e. The number of aliphatic hydroxyl groups is 4. The third-order valence-electron chi connectivity index (χ3n) is 5.68. The molecule has 0 aliphatic carbocycles. The van der Waals surface area contributed by atoms with Gasteiger partial charge in [-0.3, -0.25) is 5.41 Å². The second-order valence-electron chi connectivity index (χ2n) is 7.82. The zero-order chi connectivity index (χ0) is 22.8. The van der Waals surface area contributed by atoms with E-state index in [4.69, 9.17) is 25.0 Å². The summed E-state index contributed by atoms with van der Waals surface area (Å²) in [4.78, 5) is 0. The molecule has 0 spiro atoms. The fourth-order valence-corrected chi connectivity index (χ4v) is 3.82. The molecule has 1 aromatic heterocycles. The third kappa shape index (κ3) is 4.34. The van der Waals surface area contributed by atoms with Crippen LogP contribution in [-0.4, -0.2) is 63.6 Å². The normalized spacial score (nSPS) is 25.7. The van der Waals surface area contributed by atoms with Gasteiger partial charge in [-0.25, -0.2) is 0 Å². The number of amidine groups is 1. The molecule has 1 fully saturated rings. The van der Waals surface area contributed by atoms with Gasteiger partial charge in [0.2, 0.25) is 6.29 Å². The van der Waals surface area contributed by atoms with E-state index in [1.54, 1.807) is 36.6 Å². The molecule has 2 aromatic carbocycles. The van der Waals surface area contributed by atoms with Crippen LogP contribution in [0.25, 0.3) is 11.0 Å². The van der Waals surface area contributed by atoms with Crippen LogP contribution in [0.15, 0.2) is 53.1 Å². The van der Waals surface area contributed by atoms with Crippen molar-refractivity contribution in [3.05, 3.63) is 65.4 Å². The van der Waals surface area contributed by atoms with Crippen molar-refractivity contribution in [1.29, 1.82) is 5.41 Å². The van der Waals surface area contributed by atoms with E-state index < -0.39 is 37.3 Å². The van der Waals surface area contributed by atoms with E-state index in [9.17, 15) is 20.4 Å². The average Bonchev–Trinajstić information content (AvgIpc) is 3.22. The largest absolute Gasteiger partial charge is 0.464 e. The molecule has 0 unspecified atom stereocenters. The van der Waals surface area contributed by atoms with Gasteiger partial charge >= 0.3 is 0 Å². The van der Waals surface area contributed by atoms with Gasteiger partial charge in [0.25, 0.3) is 0 Å². The number of benzene rings is 2. The van der Waals surface area contributed by atoms with Crippen molar-refractivity contribution in [2.45, 2.75) is 43.5 Å². The monoisotopic (exact) mass is 442 g/mol. The van der Waals surface area contributed by atoms with Crippen LogP contribution >= 0.6 is 0 Å². The Hall–Kier alpha value is -2.95. The Morgan fingerprint density at radius 2 is 1.75 bits per heavy atom. The number of ether oxygens (including phenoxy) is 2. The smallest absolute Gasteiger partial charge is 0.229 e. The van der Waals surface area contributed by atoms with Gasteiger partial charge < -0.3 is 40.1 Å². The van der Waals surface area contributed by atoms with Crippen molar-refractivity contribution in [3.8, 4) is 5.75 Å². The summed E-state index contributed by atoms with van der Waals surface area (Å²) in [5.74, 6) is 0.412. The lowest BCUT2D eigenvalue weighted by Gasteiger charge is -2.39. The van der Waals surface area contributed by atoms with Gasteiger partial charge in [-0.1, -0.05) is 30.3 Å². The molecule has 0 amide bonds. The summed E-state index contributed by atoms with van der Waals surface area (Å²) in [7, 11) is 0. The molecule has 7 N–H and O–H groups in total. The first kappa shape index (κ1) is 22.3. The number of hydrogen-bond acceptors (Lipinski definition) is 8. The average molecular weight is 442 g/mol. The number of aryl methyl sites for hydroxylation is 2. The van der Waals surface area contributed by atoms with Crippen LogP contribution in [0.4, 0.5) is 0 Å². The zero-order valence-electron chi connectivity index (χ0n) is 17.2. The first-order chi connectivity index (χ1) is 15.4. The Morgan fingerprint density at radius 1 is 1.00 bits per heavy atom. The fourth-order valence-electron chi connectivity index (χ4n) is 3.82. The lowest BCUT2D eigenvalue weighted by atomic mass is 9.99. The summed E-state index contributed by atoms with van der Waals surface area (Å²) < 4.78 is 17.0. The van der Waals surface area contributed by atoms with E-state index in [1.165, 1.54) is 0 Å². The summed E-state index contributed by atoms with van der Waals surface area (Å²) in [6.45, 7) is -0.533. The second-order valence-corrected chi connectivity index (χ2v) is 7.82. The highest BCUT2D eigenvalue weighted by atomic mass is 16.7. The third-order valence-corrected chi connectivity index (χ3v) is 5.68. The fraction of sp³-hybridized carbons (Fsp3) is 0.348. The molecule has 5 atom stereocenters. The van der Waals surface area contributed by atoms with E-state index in [0.717, 1.165) is 11.1 Å². The van der Waals surface area contributed by atoms with Gasteiger partial charge in [0.05, 0.1) is 18.3 Å². The van der Waals surface area contributed by atoms with Crippen LogP contribution in [0.3, 0.4) is 0 Å². The molecular weight excluding hydrogens is 416 g/mol. The SMILES string of the molecule is N=C(N)c1ccc(CCc2coc3cccc(O[C@@H]4O[C@H](CO)[C@@H](O)[C@H](O)[C@H]4O)c23)cc1. The van der Waals surface area contributed by atoms with Crippen molar-refractivity contribution < 1.29 is 34.3 Å². The highest BCUT2D eigenvalue weighted by molar-refractivity contribution is 5.94. The van der Waals surface area contributed by atoms with Gasteiger partial charge in [0, 0.05) is 11.1 Å². The predicted molar refractivity (Wildman–Crippen MR) is 115 cm³/mol. The number of nitrogens with two attached hydrogens (primary N) is 1. The number of aliphatic hydroxyl groups excluding tert-OH is 4. The molecule has 0 radical (unpaired) electrons. The molecule has 2 heterocycles. The maximum atomic E-state index is 10.3. The molecule has 170 valence electrons. The summed E-state index contributed by atoms with van der Waals surface area (Å²) in [6, 6.07) is 12.7. The number of fused-ring (bicyclic) bond motifs is 1. The van der Waals surface area contributed by atoms with Gasteiger partial charge in [0.15, 0.2) is 0 Å². The van der Waals surface area contributed by atoms with E-state index in [2.05, 4.69) is 0 Å². The Balaban J connectivity index is 1.54. The molecule has 4 rings (SSSR count).